The van der Waals surface area contributed by atoms with Crippen molar-refractivity contribution < 1.29 is 18.4 Å². The smallest absolute Gasteiger partial charge is 0.213 e. The number of halogens is 1. The van der Waals surface area contributed by atoms with E-state index >= 15 is 0 Å². The SMILES string of the molecule is [2H]c1nc(OC([2H])([2H])C([2H])([2H])C([2H])([2H])[2H])c([2H])c([2H])c1Br. The maximum absolute atomic E-state index is 7.56. The molecule has 2 nitrogen and oxygen atoms in total. The van der Waals surface area contributed by atoms with Crippen LogP contribution in [-0.4, -0.2) is 11.5 Å². The first-order valence-corrected chi connectivity index (χ1v) is 3.34. The van der Waals surface area contributed by atoms with E-state index in [0.717, 1.165) is 0 Å². The predicted molar refractivity (Wildman–Crippen MR) is 47.7 cm³/mol. The van der Waals surface area contributed by atoms with E-state index in [1.54, 1.807) is 0 Å². The van der Waals surface area contributed by atoms with Gasteiger partial charge in [0.1, 0.15) is 0 Å². The van der Waals surface area contributed by atoms with Crippen molar-refractivity contribution in [2.45, 2.75) is 13.2 Å². The molecule has 1 aromatic heterocycles. The molecule has 0 atom stereocenters. The molecular weight excluding hydrogens is 206 g/mol. The monoisotopic (exact) mass is 225 g/mol. The van der Waals surface area contributed by atoms with Gasteiger partial charge in [-0.1, -0.05) is 6.85 Å². The van der Waals surface area contributed by atoms with Gasteiger partial charge in [0.05, 0.1) is 13.4 Å². The van der Waals surface area contributed by atoms with Crippen LogP contribution in [0.2, 0.25) is 0 Å². The van der Waals surface area contributed by atoms with E-state index in [0.29, 0.717) is 0 Å². The van der Waals surface area contributed by atoms with Gasteiger partial charge in [-0.25, -0.2) is 4.98 Å². The third-order valence-corrected chi connectivity index (χ3v) is 1.11. The summed E-state index contributed by atoms with van der Waals surface area (Å²) in [5.41, 5.74) is 0. The van der Waals surface area contributed by atoms with Crippen molar-refractivity contribution in [3.63, 3.8) is 0 Å². The Morgan fingerprint density at radius 3 is 3.64 bits per heavy atom. The third-order valence-electron chi connectivity index (χ3n) is 0.734. The Bertz CT molecular complexity index is 557. The summed E-state index contributed by atoms with van der Waals surface area (Å²) in [6.45, 7) is -6.66. The molecule has 0 radical (unpaired) electrons. The van der Waals surface area contributed by atoms with Crippen molar-refractivity contribution in [2.75, 3.05) is 6.56 Å². The summed E-state index contributed by atoms with van der Waals surface area (Å²) in [7, 11) is 0. The summed E-state index contributed by atoms with van der Waals surface area (Å²) in [5.74, 6) is -0.827. The van der Waals surface area contributed by atoms with Crippen LogP contribution in [0.15, 0.2) is 22.7 Å². The van der Waals surface area contributed by atoms with Gasteiger partial charge in [0.2, 0.25) is 5.88 Å². The average molecular weight is 226 g/mol. The predicted octanol–water partition coefficient (Wildman–Crippen LogP) is 2.63. The fourth-order valence-corrected chi connectivity index (χ4v) is 0.574. The third kappa shape index (κ3) is 2.89. The minimum Gasteiger partial charge on any atom is -0.478 e. The zero-order valence-electron chi connectivity index (χ0n) is 15.2. The largest absolute Gasteiger partial charge is 0.478 e. The molecule has 3 heteroatoms. The summed E-state index contributed by atoms with van der Waals surface area (Å²) < 4.78 is 77.7. The molecule has 0 N–H and O–H groups in total. The van der Waals surface area contributed by atoms with Crippen molar-refractivity contribution >= 4 is 15.9 Å². The maximum Gasteiger partial charge on any atom is 0.213 e. The van der Waals surface area contributed by atoms with Crippen LogP contribution in [-0.2, 0) is 0 Å². The molecule has 0 aliphatic rings. The molecule has 0 amide bonds. The van der Waals surface area contributed by atoms with Gasteiger partial charge in [-0.2, -0.15) is 0 Å². The van der Waals surface area contributed by atoms with Crippen molar-refractivity contribution in [1.29, 1.82) is 0 Å². The number of ether oxygens (including phenoxy) is 1. The summed E-state index contributed by atoms with van der Waals surface area (Å²) in [4.78, 5) is 3.41. The Kier molecular flexibility index (Phi) is 0.876. The van der Waals surface area contributed by atoms with Gasteiger partial charge in [0, 0.05) is 23.5 Å². The standard InChI is InChI=1S/C8H10BrNO/c1-2-5-11-8-4-3-7(9)6-10-8/h3-4,6H,2,5H2,1H3/i1D3,2D2,3D,4D,5D2,6D. The van der Waals surface area contributed by atoms with Crippen LogP contribution in [0.5, 0.6) is 5.88 Å². The van der Waals surface area contributed by atoms with Gasteiger partial charge < -0.3 is 4.74 Å². The molecule has 0 aromatic carbocycles. The van der Waals surface area contributed by atoms with E-state index in [1.165, 1.54) is 0 Å². The molecule has 0 saturated carbocycles. The molecule has 0 aliphatic carbocycles. The Labute approximate surface area is 88.8 Å². The summed E-state index contributed by atoms with van der Waals surface area (Å²) >= 11 is 2.84. The highest BCUT2D eigenvalue weighted by molar-refractivity contribution is 9.10. The second-order valence-electron chi connectivity index (χ2n) is 1.42. The van der Waals surface area contributed by atoms with Crippen LogP contribution < -0.4 is 4.74 Å². The maximum atomic E-state index is 7.56. The fourth-order valence-electron chi connectivity index (χ4n) is 0.386. The van der Waals surface area contributed by atoms with E-state index < -0.39 is 43.9 Å². The summed E-state index contributed by atoms with van der Waals surface area (Å²) in [6, 6.07) is -1.20. The zero-order valence-corrected chi connectivity index (χ0v) is 6.82. The molecule has 1 aromatic rings. The highest BCUT2D eigenvalue weighted by Crippen LogP contribution is 2.11. The Hall–Kier alpha value is -0.570. The number of pyridine rings is 1. The van der Waals surface area contributed by atoms with Gasteiger partial charge >= 0.3 is 0 Å². The normalized spacial score (nSPS) is 26.6. The van der Waals surface area contributed by atoms with Crippen LogP contribution in [0, 0.1) is 0 Å². The number of hydrogen-bond donors (Lipinski definition) is 0. The van der Waals surface area contributed by atoms with Gasteiger partial charge in [0.25, 0.3) is 0 Å². The Morgan fingerprint density at radius 1 is 1.91 bits per heavy atom. The van der Waals surface area contributed by atoms with E-state index in [-0.39, 0.29) is 4.47 Å². The second kappa shape index (κ2) is 4.34. The average Bonchev–Trinajstić information content (AvgIpc) is 2.31. The van der Waals surface area contributed by atoms with Crippen LogP contribution in [0.3, 0.4) is 0 Å². The van der Waals surface area contributed by atoms with Crippen molar-refractivity contribution in [3.05, 3.63) is 22.7 Å². The lowest BCUT2D eigenvalue weighted by Gasteiger charge is -2.01. The molecule has 0 unspecified atom stereocenters. The van der Waals surface area contributed by atoms with Crippen molar-refractivity contribution in [1.82, 2.24) is 4.98 Å². The first-order chi connectivity index (χ1) is 9.22. The van der Waals surface area contributed by atoms with Crippen LogP contribution in [0.25, 0.3) is 0 Å². The molecule has 0 aliphatic heterocycles. The Morgan fingerprint density at radius 2 is 2.82 bits per heavy atom. The van der Waals surface area contributed by atoms with Crippen molar-refractivity contribution in [2.24, 2.45) is 0 Å². The number of hydrogen-bond acceptors (Lipinski definition) is 2. The van der Waals surface area contributed by atoms with E-state index in [4.69, 9.17) is 13.7 Å². The van der Waals surface area contributed by atoms with E-state index in [2.05, 4.69) is 25.7 Å². The lowest BCUT2D eigenvalue weighted by molar-refractivity contribution is 0.305. The summed E-state index contributed by atoms with van der Waals surface area (Å²) in [5, 5.41) is 0. The van der Waals surface area contributed by atoms with Crippen LogP contribution in [0.4, 0.5) is 0 Å². The van der Waals surface area contributed by atoms with Gasteiger partial charge in [-0.15, -0.1) is 0 Å². The molecule has 11 heavy (non-hydrogen) atoms. The molecule has 1 heterocycles. The number of nitrogens with zero attached hydrogens (tertiary/aromatic N) is 1. The molecule has 0 saturated heterocycles. The minimum atomic E-state index is -3.38. The molecule has 0 fully saturated rings. The molecule has 1 rings (SSSR count). The molecule has 60 valence electrons. The van der Waals surface area contributed by atoms with Crippen LogP contribution >= 0.6 is 15.9 Å². The van der Waals surface area contributed by atoms with Gasteiger partial charge in [0.15, 0.2) is 0 Å². The molecule has 0 spiro atoms. The number of aromatic nitrogens is 1. The van der Waals surface area contributed by atoms with Gasteiger partial charge in [-0.3, -0.25) is 0 Å². The lowest BCUT2D eigenvalue weighted by Crippen LogP contribution is -1.96. The molecule has 0 bridgehead atoms. The zero-order chi connectivity index (χ0) is 16.8. The second-order valence-corrected chi connectivity index (χ2v) is 2.21. The van der Waals surface area contributed by atoms with Crippen LogP contribution in [0.1, 0.15) is 26.9 Å². The van der Waals surface area contributed by atoms with Crippen molar-refractivity contribution in [3.8, 4) is 5.88 Å². The van der Waals surface area contributed by atoms with E-state index in [9.17, 15) is 0 Å². The quantitative estimate of drug-likeness (QED) is 0.790. The highest BCUT2D eigenvalue weighted by Gasteiger charge is 1.92. The first-order valence-electron chi connectivity index (χ1n) is 7.54. The van der Waals surface area contributed by atoms with Gasteiger partial charge in [-0.05, 0) is 28.3 Å². The van der Waals surface area contributed by atoms with E-state index in [1.807, 2.05) is 0 Å². The Balaban J connectivity index is 3.29. The highest BCUT2D eigenvalue weighted by atomic mass is 79.9. The lowest BCUT2D eigenvalue weighted by atomic mass is 10.5. The minimum absolute atomic E-state index is 0.112. The topological polar surface area (TPSA) is 22.1 Å². The first kappa shape index (κ1) is 2.22. The number of rotatable bonds is 3. The molecular formula is C8H10BrNO. The fraction of sp³-hybridized carbons (Fsp3) is 0.375. The summed E-state index contributed by atoms with van der Waals surface area (Å²) in [6.07, 6.45) is -3.90.